The minimum absolute atomic E-state index is 0.0640. The summed E-state index contributed by atoms with van der Waals surface area (Å²) in [5.74, 6) is -7.04. The minimum atomic E-state index is -1.65. The van der Waals surface area contributed by atoms with E-state index in [1.807, 2.05) is 11.8 Å². The average molecular weight is 886 g/mol. The maximum Gasteiger partial charge on any atom is 0.315 e. The fraction of sp³-hybridized carbons (Fsp3) is 0.730. The molecule has 1 unspecified atom stereocenters. The van der Waals surface area contributed by atoms with E-state index in [-0.39, 0.29) is 55.6 Å². The molecule has 23 nitrogen and oxygen atoms in total. The van der Waals surface area contributed by atoms with Gasteiger partial charge < -0.3 is 59.1 Å². The van der Waals surface area contributed by atoms with Crippen LogP contribution in [-0.2, 0) is 43.2 Å². The van der Waals surface area contributed by atoms with Crippen LogP contribution in [0.4, 0.5) is 4.79 Å². The quantitative estimate of drug-likeness (QED) is 0.0150. The van der Waals surface area contributed by atoms with Crippen LogP contribution in [0.5, 0.6) is 0 Å². The molecule has 2 rings (SSSR count). The van der Waals surface area contributed by atoms with Gasteiger partial charge in [-0.25, -0.2) is 10.3 Å². The summed E-state index contributed by atoms with van der Waals surface area (Å²) in [5, 5.41) is 39.9. The highest BCUT2D eigenvalue weighted by Crippen LogP contribution is 2.33. The van der Waals surface area contributed by atoms with E-state index in [2.05, 4.69) is 42.5 Å². The third kappa shape index (κ3) is 19.8. The van der Waals surface area contributed by atoms with Crippen LogP contribution in [0.3, 0.4) is 0 Å². The van der Waals surface area contributed by atoms with Gasteiger partial charge in [-0.2, -0.15) is 11.8 Å². The molecular weight excluding hydrogens is 823 g/mol. The smallest absolute Gasteiger partial charge is 0.315 e. The summed E-state index contributed by atoms with van der Waals surface area (Å²) < 4.78 is 0. The van der Waals surface area contributed by atoms with Crippen molar-refractivity contribution in [3.8, 4) is 0 Å². The highest BCUT2D eigenvalue weighted by atomic mass is 32.2. The first-order valence-corrected chi connectivity index (χ1v) is 21.4. The van der Waals surface area contributed by atoms with Gasteiger partial charge in [0.25, 0.3) is 0 Å². The number of rotatable bonds is 29. The lowest BCUT2D eigenvalue weighted by molar-refractivity contribution is -0.138. The Labute approximate surface area is 358 Å². The number of unbranched alkanes of at least 4 members (excludes halogenated alkanes) is 2. The van der Waals surface area contributed by atoms with Crippen molar-refractivity contribution < 1.29 is 58.3 Å². The number of thioether (sulfide) groups is 1. The Morgan fingerprint density at radius 2 is 1.46 bits per heavy atom. The van der Waals surface area contributed by atoms with Gasteiger partial charge in [0, 0.05) is 42.7 Å². The van der Waals surface area contributed by atoms with Gasteiger partial charge in [0.1, 0.15) is 18.1 Å². The molecule has 0 aromatic heterocycles. The Balaban J connectivity index is 1.75. The molecule has 344 valence electrons. The number of hydroxylamine groups is 1. The monoisotopic (exact) mass is 885 g/mol. The van der Waals surface area contributed by atoms with Crippen molar-refractivity contribution in [2.45, 2.75) is 133 Å². The molecule has 2 fully saturated rings. The van der Waals surface area contributed by atoms with Crippen molar-refractivity contribution in [1.29, 1.82) is 0 Å². The Bertz CT molecular complexity index is 1570. The number of carbonyl (C=O) groups excluding carboxylic acids is 10. The Kier molecular flexibility index (Phi) is 22.9. The van der Waals surface area contributed by atoms with Crippen molar-refractivity contribution in [1.82, 2.24) is 48.0 Å². The number of urea groups is 1. The number of primary amides is 2. The number of hydrogen-bond acceptors (Lipinski definition) is 13. The predicted molar refractivity (Wildman–Crippen MR) is 219 cm³/mol. The van der Waals surface area contributed by atoms with Gasteiger partial charge in [-0.1, -0.05) is 20.3 Å². The lowest BCUT2D eigenvalue weighted by Crippen LogP contribution is -2.58. The summed E-state index contributed by atoms with van der Waals surface area (Å²) in [6.07, 6.45) is 1.57. The standard InChI is InChI=1S/C37H63N11O12S/c1-19(2)14-21(15-28(52)48-60)34(56)44-23(11-12-26(38)50)35(57)46-31(20(3)49)36(58)42-16-29(53)41-17-30(54)43-22(33(39)55)8-6-7-13-40-27(51)10-5-4-9-25-32-24(18-61-25)45-37(59)47-32/h19-25,31-32,49,60H,4-18H2,1-3H3,(H2,38,50)(H2,39,55)(H,40,51)(H,41,53)(H,42,58)(H,43,54)(H,44,56)(H,46,57)(H,48,52)(H2,45,47,59)/t20-,21?,22+,23+,24+,25+,31+,32+/m1/s1. The molecule has 2 aliphatic heterocycles. The van der Waals surface area contributed by atoms with Crippen molar-refractivity contribution in [2.24, 2.45) is 23.3 Å². The number of hydrogen-bond donors (Lipinski definition) is 13. The summed E-state index contributed by atoms with van der Waals surface area (Å²) in [5.41, 5.74) is 12.1. The van der Waals surface area contributed by atoms with E-state index >= 15 is 0 Å². The SMILES string of the molecule is CC(C)CC(CC(=O)NO)C(=O)N[C@@H](CCC(N)=O)C(=O)N[C@H](C(=O)NCC(=O)NCC(=O)N[C@@H](CCCCNC(=O)CCCC[C@@H]1SC[C@@H]2NC(=O)N[C@@H]21)C(N)=O)[C@@H](C)O. The maximum atomic E-state index is 13.2. The second kappa shape index (κ2) is 26.9. The molecule has 2 heterocycles. The third-order valence-electron chi connectivity index (χ3n) is 9.93. The first-order chi connectivity index (χ1) is 28.8. The van der Waals surface area contributed by atoms with Crippen LogP contribution >= 0.6 is 11.8 Å². The molecule has 2 saturated heterocycles. The van der Waals surface area contributed by atoms with Gasteiger partial charge in [-0.05, 0) is 57.8 Å². The number of aliphatic hydroxyl groups excluding tert-OH is 1. The summed E-state index contributed by atoms with van der Waals surface area (Å²) in [6.45, 7) is 3.83. The van der Waals surface area contributed by atoms with Crippen LogP contribution in [0.15, 0.2) is 0 Å². The summed E-state index contributed by atoms with van der Waals surface area (Å²) in [6, 6.07) is -3.99. The molecule has 61 heavy (non-hydrogen) atoms. The number of carbonyl (C=O) groups is 10. The molecular formula is C37H63N11O12S. The van der Waals surface area contributed by atoms with E-state index in [1.165, 1.54) is 12.4 Å². The normalized spacial score (nSPS) is 19.0. The number of fused-ring (bicyclic) bond motifs is 1. The van der Waals surface area contributed by atoms with Crippen LogP contribution in [-0.4, -0.2) is 136 Å². The van der Waals surface area contributed by atoms with E-state index < -0.39 is 96.9 Å². The van der Waals surface area contributed by atoms with Gasteiger partial charge >= 0.3 is 6.03 Å². The zero-order valence-electron chi connectivity index (χ0n) is 34.8. The fourth-order valence-corrected chi connectivity index (χ4v) is 8.28. The zero-order valence-corrected chi connectivity index (χ0v) is 35.7. The fourth-order valence-electron chi connectivity index (χ4n) is 6.74. The molecule has 2 aliphatic rings. The topological polar surface area (TPSA) is 371 Å². The zero-order chi connectivity index (χ0) is 45.6. The van der Waals surface area contributed by atoms with Crippen LogP contribution in [0.25, 0.3) is 0 Å². The van der Waals surface area contributed by atoms with Crippen molar-refractivity contribution >= 4 is 71.0 Å². The first-order valence-electron chi connectivity index (χ1n) is 20.4. The molecule has 15 N–H and O–H groups in total. The molecule has 0 aliphatic carbocycles. The second-order valence-electron chi connectivity index (χ2n) is 15.6. The van der Waals surface area contributed by atoms with Gasteiger partial charge in [-0.15, -0.1) is 0 Å². The van der Waals surface area contributed by atoms with Gasteiger partial charge in [-0.3, -0.25) is 48.4 Å². The van der Waals surface area contributed by atoms with Gasteiger partial charge in [0.15, 0.2) is 0 Å². The summed E-state index contributed by atoms with van der Waals surface area (Å²) in [7, 11) is 0. The van der Waals surface area contributed by atoms with Crippen LogP contribution < -0.4 is 59.5 Å². The van der Waals surface area contributed by atoms with Crippen LogP contribution in [0.2, 0.25) is 0 Å². The van der Waals surface area contributed by atoms with Crippen molar-refractivity contribution in [3.63, 3.8) is 0 Å². The van der Waals surface area contributed by atoms with E-state index in [0.29, 0.717) is 37.5 Å². The van der Waals surface area contributed by atoms with E-state index in [9.17, 15) is 53.1 Å². The molecule has 0 saturated carbocycles. The van der Waals surface area contributed by atoms with Crippen molar-refractivity contribution in [3.05, 3.63) is 0 Å². The number of nitrogens with one attached hydrogen (secondary N) is 9. The summed E-state index contributed by atoms with van der Waals surface area (Å²) >= 11 is 1.82. The number of amides is 11. The predicted octanol–water partition coefficient (Wildman–Crippen LogP) is -3.63. The highest BCUT2D eigenvalue weighted by molar-refractivity contribution is 8.00. The van der Waals surface area contributed by atoms with Crippen LogP contribution in [0.1, 0.15) is 91.4 Å². The molecule has 0 radical (unpaired) electrons. The second-order valence-corrected chi connectivity index (χ2v) is 16.9. The van der Waals surface area contributed by atoms with Crippen molar-refractivity contribution in [2.75, 3.05) is 25.4 Å². The molecule has 24 heteroatoms. The average Bonchev–Trinajstić information content (AvgIpc) is 3.75. The molecule has 0 aromatic carbocycles. The van der Waals surface area contributed by atoms with Gasteiger partial charge in [0.2, 0.25) is 53.2 Å². The third-order valence-corrected chi connectivity index (χ3v) is 11.4. The molecule has 11 amide bonds. The molecule has 0 spiro atoms. The highest BCUT2D eigenvalue weighted by Gasteiger charge is 2.42. The Morgan fingerprint density at radius 1 is 0.754 bits per heavy atom. The lowest BCUT2D eigenvalue weighted by atomic mass is 9.92. The lowest BCUT2D eigenvalue weighted by Gasteiger charge is -2.26. The largest absolute Gasteiger partial charge is 0.391 e. The molecule has 0 aromatic rings. The van der Waals surface area contributed by atoms with Gasteiger partial charge in [0.05, 0.1) is 31.3 Å². The molecule has 0 bridgehead atoms. The van der Waals surface area contributed by atoms with Crippen LogP contribution in [0, 0.1) is 11.8 Å². The van der Waals surface area contributed by atoms with E-state index in [1.54, 1.807) is 13.8 Å². The summed E-state index contributed by atoms with van der Waals surface area (Å²) in [4.78, 5) is 123. The number of nitrogens with two attached hydrogens (primary N) is 2. The Hall–Kier alpha value is -5.23. The van der Waals surface area contributed by atoms with E-state index in [0.717, 1.165) is 18.6 Å². The van der Waals surface area contributed by atoms with E-state index in [4.69, 9.17) is 16.7 Å². The minimum Gasteiger partial charge on any atom is -0.391 e. The number of aliphatic hydroxyl groups is 1. The molecule has 8 atom stereocenters. The Morgan fingerprint density at radius 3 is 2.10 bits per heavy atom. The first kappa shape index (κ1) is 51.9. The maximum absolute atomic E-state index is 13.2.